The first-order valence-corrected chi connectivity index (χ1v) is 10.3. The van der Waals surface area contributed by atoms with Crippen LogP contribution in [0.2, 0.25) is 0 Å². The highest BCUT2D eigenvalue weighted by Crippen LogP contribution is 2.28. The molecule has 1 amide bonds. The smallest absolute Gasteiger partial charge is 0.252 e. The largest absolute Gasteiger partial charge is 0.497 e. The average molecular weight is 412 g/mol. The van der Waals surface area contributed by atoms with Crippen LogP contribution in [-0.4, -0.2) is 23.0 Å². The van der Waals surface area contributed by atoms with Crippen molar-refractivity contribution < 1.29 is 9.53 Å². The Morgan fingerprint density at radius 2 is 1.84 bits per heavy atom. The monoisotopic (exact) mass is 411 g/mol. The number of carbonyl (C=O) groups is 1. The minimum absolute atomic E-state index is 0.145. The van der Waals surface area contributed by atoms with Crippen LogP contribution in [0.1, 0.15) is 41.4 Å². The summed E-state index contributed by atoms with van der Waals surface area (Å²) in [6.45, 7) is 4.65. The van der Waals surface area contributed by atoms with E-state index in [0.29, 0.717) is 18.0 Å². The molecular weight excluding hydrogens is 386 g/mol. The van der Waals surface area contributed by atoms with Crippen LogP contribution in [0.15, 0.2) is 72.9 Å². The molecule has 31 heavy (non-hydrogen) atoms. The van der Waals surface area contributed by atoms with Crippen molar-refractivity contribution in [2.45, 2.75) is 26.3 Å². The van der Waals surface area contributed by atoms with Crippen LogP contribution in [0, 0.1) is 0 Å². The van der Waals surface area contributed by atoms with Gasteiger partial charge in [0.05, 0.1) is 36.1 Å². The summed E-state index contributed by atoms with van der Waals surface area (Å²) in [6, 6.07) is 21.3. The Balaban J connectivity index is 1.76. The molecular formula is C26H25N3O2. The quantitative estimate of drug-likeness (QED) is 0.464. The second-order valence-electron chi connectivity index (χ2n) is 7.72. The maximum atomic E-state index is 13.2. The maximum Gasteiger partial charge on any atom is 0.252 e. The molecule has 156 valence electrons. The molecule has 2 aromatic carbocycles. The summed E-state index contributed by atoms with van der Waals surface area (Å²) in [4.78, 5) is 22.3. The Hall–Kier alpha value is -3.73. The number of carbonyl (C=O) groups excluding carboxylic acids is 1. The van der Waals surface area contributed by atoms with Gasteiger partial charge in [0.25, 0.3) is 5.91 Å². The van der Waals surface area contributed by atoms with Gasteiger partial charge in [0.1, 0.15) is 5.75 Å². The van der Waals surface area contributed by atoms with E-state index in [2.05, 4.69) is 36.3 Å². The fourth-order valence-corrected chi connectivity index (χ4v) is 3.47. The molecule has 0 aliphatic heterocycles. The van der Waals surface area contributed by atoms with Gasteiger partial charge in [-0.15, -0.1) is 0 Å². The van der Waals surface area contributed by atoms with Crippen LogP contribution in [0.3, 0.4) is 0 Å². The minimum Gasteiger partial charge on any atom is -0.497 e. The SMILES string of the molecule is COc1ccc(-c2cc(C(=O)NCc3ccccn3)c3cc(C(C)C)ccc3n2)cc1. The lowest BCUT2D eigenvalue weighted by atomic mass is 9.97. The first kappa shape index (κ1) is 20.5. The van der Waals surface area contributed by atoms with Gasteiger partial charge in [-0.3, -0.25) is 9.78 Å². The van der Waals surface area contributed by atoms with Crippen LogP contribution >= 0.6 is 0 Å². The van der Waals surface area contributed by atoms with Crippen molar-refractivity contribution in [2.75, 3.05) is 7.11 Å². The maximum absolute atomic E-state index is 13.2. The van der Waals surface area contributed by atoms with Gasteiger partial charge >= 0.3 is 0 Å². The van der Waals surface area contributed by atoms with Crippen molar-refractivity contribution in [1.29, 1.82) is 0 Å². The zero-order chi connectivity index (χ0) is 21.8. The number of nitrogens with zero attached hydrogens (tertiary/aromatic N) is 2. The van der Waals surface area contributed by atoms with Gasteiger partial charge in [0.15, 0.2) is 0 Å². The fourth-order valence-electron chi connectivity index (χ4n) is 3.47. The Kier molecular flexibility index (Phi) is 5.94. The number of methoxy groups -OCH3 is 1. The van der Waals surface area contributed by atoms with E-state index in [0.717, 1.165) is 33.6 Å². The molecule has 0 fully saturated rings. The topological polar surface area (TPSA) is 64.1 Å². The minimum atomic E-state index is -0.145. The van der Waals surface area contributed by atoms with Gasteiger partial charge in [-0.25, -0.2) is 4.98 Å². The molecule has 4 aromatic rings. The number of amides is 1. The van der Waals surface area contributed by atoms with Crippen molar-refractivity contribution in [2.24, 2.45) is 0 Å². The predicted molar refractivity (Wildman–Crippen MR) is 123 cm³/mol. The van der Waals surface area contributed by atoms with Crippen molar-refractivity contribution in [1.82, 2.24) is 15.3 Å². The molecule has 2 heterocycles. The Labute approximate surface area is 182 Å². The molecule has 0 bridgehead atoms. The summed E-state index contributed by atoms with van der Waals surface area (Å²) in [6.07, 6.45) is 1.72. The van der Waals surface area contributed by atoms with E-state index in [4.69, 9.17) is 9.72 Å². The van der Waals surface area contributed by atoms with Crippen LogP contribution in [0.25, 0.3) is 22.2 Å². The third-order valence-corrected chi connectivity index (χ3v) is 5.29. The first-order valence-electron chi connectivity index (χ1n) is 10.3. The van der Waals surface area contributed by atoms with Crippen molar-refractivity contribution >= 4 is 16.8 Å². The number of nitrogens with one attached hydrogen (secondary N) is 1. The summed E-state index contributed by atoms with van der Waals surface area (Å²) in [5.74, 6) is 0.989. The molecule has 4 rings (SSSR count). The van der Waals surface area contributed by atoms with Crippen molar-refractivity contribution in [3.63, 3.8) is 0 Å². The summed E-state index contributed by atoms with van der Waals surface area (Å²) >= 11 is 0. The number of aromatic nitrogens is 2. The predicted octanol–water partition coefficient (Wildman–Crippen LogP) is 5.36. The number of hydrogen-bond donors (Lipinski definition) is 1. The molecule has 0 radical (unpaired) electrons. The van der Waals surface area contributed by atoms with E-state index in [1.807, 2.05) is 54.6 Å². The molecule has 5 heteroatoms. The third kappa shape index (κ3) is 4.56. The van der Waals surface area contributed by atoms with Gasteiger partial charge in [0.2, 0.25) is 0 Å². The zero-order valence-corrected chi connectivity index (χ0v) is 17.9. The highest BCUT2D eigenvalue weighted by atomic mass is 16.5. The van der Waals surface area contributed by atoms with Crippen LogP contribution in [-0.2, 0) is 6.54 Å². The van der Waals surface area contributed by atoms with Crippen LogP contribution in [0.4, 0.5) is 0 Å². The highest BCUT2D eigenvalue weighted by Gasteiger charge is 2.15. The first-order chi connectivity index (χ1) is 15.0. The summed E-state index contributed by atoms with van der Waals surface area (Å²) in [5, 5.41) is 3.85. The second-order valence-corrected chi connectivity index (χ2v) is 7.72. The van der Waals surface area contributed by atoms with Gasteiger partial charge in [0, 0.05) is 17.1 Å². The normalized spacial score (nSPS) is 11.0. The zero-order valence-electron chi connectivity index (χ0n) is 17.9. The van der Waals surface area contributed by atoms with Crippen LogP contribution in [0.5, 0.6) is 5.75 Å². The van der Waals surface area contributed by atoms with Crippen LogP contribution < -0.4 is 10.1 Å². The summed E-state index contributed by atoms with van der Waals surface area (Å²) in [7, 11) is 1.64. The number of rotatable bonds is 6. The van der Waals surface area contributed by atoms with Gasteiger partial charge in [-0.05, 0) is 66.1 Å². The number of hydrogen-bond acceptors (Lipinski definition) is 4. The molecule has 0 saturated carbocycles. The van der Waals surface area contributed by atoms with E-state index >= 15 is 0 Å². The second kappa shape index (κ2) is 8.96. The van der Waals surface area contributed by atoms with Crippen molar-refractivity contribution in [3.8, 4) is 17.0 Å². The van der Waals surface area contributed by atoms with Gasteiger partial charge in [-0.2, -0.15) is 0 Å². The molecule has 0 saturated heterocycles. The highest BCUT2D eigenvalue weighted by molar-refractivity contribution is 6.07. The Morgan fingerprint density at radius 1 is 1.03 bits per heavy atom. The lowest BCUT2D eigenvalue weighted by Gasteiger charge is -2.13. The Bertz CT molecular complexity index is 1200. The number of pyridine rings is 2. The third-order valence-electron chi connectivity index (χ3n) is 5.29. The molecule has 2 aromatic heterocycles. The summed E-state index contributed by atoms with van der Waals surface area (Å²) in [5.41, 5.74) is 5.05. The molecule has 0 aliphatic rings. The summed E-state index contributed by atoms with van der Waals surface area (Å²) < 4.78 is 5.26. The van der Waals surface area contributed by atoms with E-state index in [1.54, 1.807) is 13.3 Å². The van der Waals surface area contributed by atoms with E-state index in [1.165, 1.54) is 5.56 Å². The molecule has 0 aliphatic carbocycles. The fraction of sp³-hybridized carbons (Fsp3) is 0.192. The number of ether oxygens (including phenoxy) is 1. The Morgan fingerprint density at radius 3 is 2.52 bits per heavy atom. The standard InChI is InChI=1S/C26H25N3O2/c1-17(2)19-9-12-24-22(14-19)23(26(30)28-16-20-6-4-5-13-27-20)15-25(29-24)18-7-10-21(31-3)11-8-18/h4-15,17H,16H2,1-3H3,(H,28,30). The van der Waals surface area contributed by atoms with E-state index in [-0.39, 0.29) is 5.91 Å². The molecule has 1 N–H and O–H groups in total. The van der Waals surface area contributed by atoms with Crippen molar-refractivity contribution in [3.05, 3.63) is 89.7 Å². The van der Waals surface area contributed by atoms with Gasteiger partial charge in [-0.1, -0.05) is 26.0 Å². The lowest BCUT2D eigenvalue weighted by Crippen LogP contribution is -2.23. The molecule has 5 nitrogen and oxygen atoms in total. The number of fused-ring (bicyclic) bond motifs is 1. The van der Waals surface area contributed by atoms with E-state index in [9.17, 15) is 4.79 Å². The molecule has 0 unspecified atom stereocenters. The number of benzene rings is 2. The lowest BCUT2D eigenvalue weighted by molar-refractivity contribution is 0.0952. The molecule has 0 spiro atoms. The van der Waals surface area contributed by atoms with E-state index < -0.39 is 0 Å². The molecule has 0 atom stereocenters. The van der Waals surface area contributed by atoms with Gasteiger partial charge < -0.3 is 10.1 Å². The average Bonchev–Trinajstić information content (AvgIpc) is 2.82.